The predicted molar refractivity (Wildman–Crippen MR) is 80.7 cm³/mol. The van der Waals surface area contributed by atoms with Gasteiger partial charge in [0.25, 0.3) is 0 Å². The molecule has 0 aromatic heterocycles. The Kier molecular flexibility index (Phi) is 5.88. The summed E-state index contributed by atoms with van der Waals surface area (Å²) in [6.45, 7) is 3.90. The third kappa shape index (κ3) is 4.90. The number of Topliss-reactive ketones (excluding diaryl/α,β-unsaturated/α-hetero) is 1. The molecule has 1 unspecified atom stereocenters. The maximum absolute atomic E-state index is 13.6. The van der Waals surface area contributed by atoms with E-state index in [1.807, 2.05) is 0 Å². The van der Waals surface area contributed by atoms with E-state index in [0.29, 0.717) is 30.7 Å². The van der Waals surface area contributed by atoms with Crippen molar-refractivity contribution in [3.63, 3.8) is 0 Å². The van der Waals surface area contributed by atoms with Crippen molar-refractivity contribution >= 4 is 5.78 Å². The Labute approximate surface area is 126 Å². The molecule has 0 aliphatic heterocycles. The van der Waals surface area contributed by atoms with Crippen LogP contribution in [0.1, 0.15) is 25.3 Å². The second kappa shape index (κ2) is 7.66. The maximum atomic E-state index is 13.6. The average molecular weight is 293 g/mol. The minimum absolute atomic E-state index is 0.0590. The van der Waals surface area contributed by atoms with Crippen molar-refractivity contribution in [2.75, 3.05) is 26.8 Å². The van der Waals surface area contributed by atoms with Crippen LogP contribution in [-0.4, -0.2) is 43.5 Å². The third-order valence-electron chi connectivity index (χ3n) is 4.19. The van der Waals surface area contributed by atoms with Crippen LogP contribution in [-0.2, 0) is 16.0 Å². The van der Waals surface area contributed by atoms with Crippen LogP contribution in [0.3, 0.4) is 0 Å². The van der Waals surface area contributed by atoms with Crippen molar-refractivity contribution in [1.82, 2.24) is 4.90 Å². The SMILES string of the molecule is COCCN(CC(=O)Cc1ccccc1F)C(C)C1CC1. The predicted octanol–water partition coefficient (Wildman–Crippen LogP) is 2.68. The van der Waals surface area contributed by atoms with Gasteiger partial charge in [0.2, 0.25) is 0 Å². The third-order valence-corrected chi connectivity index (χ3v) is 4.19. The van der Waals surface area contributed by atoms with Gasteiger partial charge in [0.1, 0.15) is 5.82 Å². The fourth-order valence-corrected chi connectivity index (χ4v) is 2.65. The lowest BCUT2D eigenvalue weighted by Crippen LogP contribution is -2.41. The van der Waals surface area contributed by atoms with E-state index in [1.54, 1.807) is 25.3 Å². The van der Waals surface area contributed by atoms with Gasteiger partial charge in [0.05, 0.1) is 13.2 Å². The number of carbonyl (C=O) groups is 1. The Hall–Kier alpha value is -1.26. The number of rotatable bonds is 9. The standard InChI is InChI=1S/C17H24FNO2/c1-13(14-7-8-14)19(9-10-21-2)12-16(20)11-15-5-3-4-6-17(15)18/h3-6,13-14H,7-12H2,1-2H3. The van der Waals surface area contributed by atoms with Gasteiger partial charge >= 0.3 is 0 Å². The molecule has 0 amide bonds. The Bertz CT molecular complexity index is 474. The molecule has 0 saturated heterocycles. The molecule has 2 rings (SSSR count). The number of benzene rings is 1. The van der Waals surface area contributed by atoms with Crippen LogP contribution in [0.5, 0.6) is 0 Å². The Balaban J connectivity index is 1.92. The van der Waals surface area contributed by atoms with Crippen molar-refractivity contribution in [1.29, 1.82) is 0 Å². The number of halogens is 1. The highest BCUT2D eigenvalue weighted by Gasteiger charge is 2.32. The largest absolute Gasteiger partial charge is 0.383 e. The molecule has 4 heteroatoms. The van der Waals surface area contributed by atoms with Gasteiger partial charge in [-0.2, -0.15) is 0 Å². The van der Waals surface area contributed by atoms with E-state index in [-0.39, 0.29) is 18.0 Å². The highest BCUT2D eigenvalue weighted by Crippen LogP contribution is 2.35. The minimum Gasteiger partial charge on any atom is -0.383 e. The van der Waals surface area contributed by atoms with Crippen LogP contribution >= 0.6 is 0 Å². The molecule has 3 nitrogen and oxygen atoms in total. The summed E-state index contributed by atoms with van der Waals surface area (Å²) in [6.07, 6.45) is 2.64. The van der Waals surface area contributed by atoms with Crippen LogP contribution in [0.15, 0.2) is 24.3 Å². The van der Waals surface area contributed by atoms with Crippen LogP contribution < -0.4 is 0 Å². The molecule has 0 bridgehead atoms. The van der Waals surface area contributed by atoms with Crippen molar-refractivity contribution < 1.29 is 13.9 Å². The monoisotopic (exact) mass is 293 g/mol. The van der Waals surface area contributed by atoms with Gasteiger partial charge in [-0.3, -0.25) is 9.69 Å². The summed E-state index contributed by atoms with van der Waals surface area (Å²) in [4.78, 5) is 14.4. The molecule has 0 radical (unpaired) electrons. The van der Waals surface area contributed by atoms with E-state index >= 15 is 0 Å². The first kappa shape index (κ1) is 16.1. The van der Waals surface area contributed by atoms with E-state index in [9.17, 15) is 9.18 Å². The number of methoxy groups -OCH3 is 1. The summed E-state index contributed by atoms with van der Waals surface area (Å²) >= 11 is 0. The summed E-state index contributed by atoms with van der Waals surface area (Å²) in [5, 5.41) is 0. The van der Waals surface area contributed by atoms with Gasteiger partial charge in [0, 0.05) is 26.1 Å². The quantitative estimate of drug-likeness (QED) is 0.701. The lowest BCUT2D eigenvalue weighted by atomic mass is 10.1. The molecule has 0 N–H and O–H groups in total. The maximum Gasteiger partial charge on any atom is 0.151 e. The van der Waals surface area contributed by atoms with Crippen molar-refractivity contribution in [2.24, 2.45) is 5.92 Å². The second-order valence-corrected chi connectivity index (χ2v) is 5.85. The summed E-state index contributed by atoms with van der Waals surface area (Å²) in [5.41, 5.74) is 0.480. The van der Waals surface area contributed by atoms with Gasteiger partial charge in [-0.1, -0.05) is 18.2 Å². The highest BCUT2D eigenvalue weighted by atomic mass is 19.1. The molecule has 0 heterocycles. The zero-order valence-corrected chi connectivity index (χ0v) is 12.8. The lowest BCUT2D eigenvalue weighted by molar-refractivity contribution is -0.120. The van der Waals surface area contributed by atoms with E-state index in [0.717, 1.165) is 6.54 Å². The Morgan fingerprint density at radius 3 is 2.76 bits per heavy atom. The topological polar surface area (TPSA) is 29.5 Å². The molecule has 0 spiro atoms. The number of hydrogen-bond donors (Lipinski definition) is 0. The Morgan fingerprint density at radius 1 is 1.43 bits per heavy atom. The van der Waals surface area contributed by atoms with Crippen LogP contribution in [0.25, 0.3) is 0 Å². The van der Waals surface area contributed by atoms with Crippen LogP contribution in [0.4, 0.5) is 4.39 Å². The number of carbonyl (C=O) groups excluding carboxylic acids is 1. The summed E-state index contributed by atoms with van der Waals surface area (Å²) in [5.74, 6) is 0.455. The molecule has 1 aromatic rings. The Morgan fingerprint density at radius 2 is 2.14 bits per heavy atom. The van der Waals surface area contributed by atoms with Crippen molar-refractivity contribution in [3.8, 4) is 0 Å². The van der Waals surface area contributed by atoms with Gasteiger partial charge in [-0.15, -0.1) is 0 Å². The lowest BCUT2D eigenvalue weighted by Gasteiger charge is -2.28. The van der Waals surface area contributed by atoms with E-state index < -0.39 is 0 Å². The zero-order valence-electron chi connectivity index (χ0n) is 12.8. The molecule has 1 saturated carbocycles. The molecule has 116 valence electrons. The van der Waals surface area contributed by atoms with Gasteiger partial charge in [-0.25, -0.2) is 4.39 Å². The smallest absolute Gasteiger partial charge is 0.151 e. The number of nitrogens with zero attached hydrogens (tertiary/aromatic N) is 1. The average Bonchev–Trinajstić information content (AvgIpc) is 3.30. The molecule has 1 aromatic carbocycles. The van der Waals surface area contributed by atoms with Crippen LogP contribution in [0, 0.1) is 11.7 Å². The van der Waals surface area contributed by atoms with Crippen molar-refractivity contribution in [2.45, 2.75) is 32.2 Å². The second-order valence-electron chi connectivity index (χ2n) is 5.85. The first-order valence-corrected chi connectivity index (χ1v) is 7.60. The van der Waals surface area contributed by atoms with Crippen LogP contribution in [0.2, 0.25) is 0 Å². The molecule has 1 atom stereocenters. The molecule has 21 heavy (non-hydrogen) atoms. The van der Waals surface area contributed by atoms with Gasteiger partial charge in [-0.05, 0) is 37.3 Å². The molecular formula is C17H24FNO2. The minimum atomic E-state index is -0.301. The number of hydrogen-bond acceptors (Lipinski definition) is 3. The fourth-order valence-electron chi connectivity index (χ4n) is 2.65. The summed E-state index contributed by atoms with van der Waals surface area (Å²) in [7, 11) is 1.67. The van der Waals surface area contributed by atoms with Gasteiger partial charge < -0.3 is 4.74 Å². The van der Waals surface area contributed by atoms with Crippen molar-refractivity contribution in [3.05, 3.63) is 35.6 Å². The zero-order chi connectivity index (χ0) is 15.2. The molecule has 1 aliphatic rings. The first-order valence-electron chi connectivity index (χ1n) is 7.60. The molecule has 1 fully saturated rings. The first-order chi connectivity index (χ1) is 10.1. The summed E-state index contributed by atoms with van der Waals surface area (Å²) < 4.78 is 18.7. The number of ether oxygens (including phenoxy) is 1. The summed E-state index contributed by atoms with van der Waals surface area (Å²) in [6, 6.07) is 6.88. The van der Waals surface area contributed by atoms with E-state index in [4.69, 9.17) is 4.74 Å². The van der Waals surface area contributed by atoms with Gasteiger partial charge in [0.15, 0.2) is 5.78 Å². The van der Waals surface area contributed by atoms with E-state index in [1.165, 1.54) is 18.9 Å². The highest BCUT2D eigenvalue weighted by molar-refractivity contribution is 5.82. The fraction of sp³-hybridized carbons (Fsp3) is 0.588. The van der Waals surface area contributed by atoms with E-state index in [2.05, 4.69) is 11.8 Å². The molecular weight excluding hydrogens is 269 g/mol. The normalized spacial score (nSPS) is 16.2. The molecule has 1 aliphatic carbocycles. The number of ketones is 1.